The summed E-state index contributed by atoms with van der Waals surface area (Å²) in [6.45, 7) is 10.7. The van der Waals surface area contributed by atoms with E-state index in [0.29, 0.717) is 39.6 Å². The molecule has 18 heteroatoms. The van der Waals surface area contributed by atoms with Gasteiger partial charge in [0.1, 0.15) is 74.4 Å². The Balaban J connectivity index is 0.839. The first kappa shape index (κ1) is 118. The number of aromatic nitrogens is 12. The number of nitrogens with zero attached hydrogens (tertiary/aromatic N) is 12. The number of hydrogen-bond donors (Lipinski definition) is 0. The van der Waals surface area contributed by atoms with Crippen molar-refractivity contribution in [1.82, 2.24) is 27.4 Å². The van der Waals surface area contributed by atoms with E-state index in [1.54, 1.807) is 0 Å². The summed E-state index contributed by atoms with van der Waals surface area (Å²) in [6, 6.07) is 14.1. The SMILES string of the molecule is C[n+]1ccn(CCCCCCCCCCCCCCOc2cc3c4cc(OCCCCCCCCCCCCCCn5cc[n+](C)c5)c(OCCCCCCCCCCCCCCn5cc[n+](C)c5)cc4c4cc(OCCCCCCCCCCCCCCn5cc[n+](C)c5)c(OCCCCCCCCCCCCCCn5cc[n+](C)c5)cc4c3cc2OCCCCCCCCCCCCCCn2cc[n+](C)c2)c1. The van der Waals surface area contributed by atoms with Crippen molar-refractivity contribution in [1.29, 1.82) is 0 Å². The summed E-state index contributed by atoms with van der Waals surface area (Å²) in [7, 11) is 12.7. The van der Waals surface area contributed by atoms with E-state index in [-0.39, 0.29) is 0 Å². The summed E-state index contributed by atoms with van der Waals surface area (Å²) in [6.07, 6.45) is 132. The summed E-state index contributed by atoms with van der Waals surface area (Å²) in [5, 5.41) is 6.90. The summed E-state index contributed by atoms with van der Waals surface area (Å²) >= 11 is 0. The molecule has 144 heavy (non-hydrogen) atoms. The number of imidazole rings is 6. The van der Waals surface area contributed by atoms with Crippen LogP contribution in [0.25, 0.3) is 32.3 Å². The molecule has 0 spiro atoms. The predicted octanol–water partition coefficient (Wildman–Crippen LogP) is 31.5. The molecule has 0 unspecified atom stereocenters. The lowest BCUT2D eigenvalue weighted by Gasteiger charge is -2.21. The molecule has 0 radical (unpaired) electrons. The lowest BCUT2D eigenvalue weighted by molar-refractivity contribution is -0.671. The van der Waals surface area contributed by atoms with Crippen LogP contribution < -0.4 is 55.8 Å². The minimum absolute atomic E-state index is 0.658. The van der Waals surface area contributed by atoms with Gasteiger partial charge in [-0.2, -0.15) is 0 Å². The fourth-order valence-corrected chi connectivity index (χ4v) is 21.6. The molecule has 0 bridgehead atoms. The Hall–Kier alpha value is -8.28. The van der Waals surface area contributed by atoms with Crippen LogP contribution in [0.15, 0.2) is 149 Å². The Morgan fingerprint density at radius 1 is 0.139 bits per heavy atom. The number of aryl methyl sites for hydroxylation is 12. The van der Waals surface area contributed by atoms with Gasteiger partial charge in [-0.05, 0) is 184 Å². The van der Waals surface area contributed by atoms with Crippen LogP contribution in [-0.4, -0.2) is 67.0 Å². The summed E-state index contributed by atoms with van der Waals surface area (Å²) < 4.78 is 69.8. The van der Waals surface area contributed by atoms with Gasteiger partial charge in [-0.15, -0.1) is 0 Å². The van der Waals surface area contributed by atoms with Gasteiger partial charge >= 0.3 is 0 Å². The molecule has 0 amide bonds. The second-order valence-electron chi connectivity index (χ2n) is 44.0. The number of ether oxygens (including phenoxy) is 6. The molecule has 0 aliphatic heterocycles. The minimum Gasteiger partial charge on any atom is -0.490 e. The van der Waals surface area contributed by atoms with E-state index < -0.39 is 0 Å². The van der Waals surface area contributed by atoms with Gasteiger partial charge in [0.15, 0.2) is 34.5 Å². The standard InChI is InChI=1S/C126H210N12O6/c1-127-85-91-133(109-127)79-67-55-43-31-19-7-13-25-37-49-61-73-97-139-121-103-115-116(104-122(121)140-98-74-62-50-38-26-14-8-20-32-44-56-68-80-134-92-86-128(2)110-134)118-106-124(142-100-76-64-52-40-28-16-10-22-34-46-58-70-82-136-94-88-130(4)112-136)126(144-102-78-66-54-42-30-18-12-24-36-48-60-72-84-138-96-90-132(6)114-138)108-120(118)119-107-125(143-101-77-65-53-41-29-17-11-23-35-47-59-71-83-137-95-89-131(5)113-137)123(105-117(115)119)141-99-75-63-51-39-27-15-9-21-33-45-57-69-81-135-93-87-129(3)111-135/h85-96,103-114H,7-84,97-102H2,1-6H3/q+6. The Bertz CT molecular complexity index is 4040. The van der Waals surface area contributed by atoms with Crippen molar-refractivity contribution in [2.75, 3.05) is 39.6 Å². The maximum Gasteiger partial charge on any atom is 0.243 e. The van der Waals surface area contributed by atoms with Crippen molar-refractivity contribution in [2.45, 2.75) is 502 Å². The van der Waals surface area contributed by atoms with E-state index in [1.807, 2.05) is 0 Å². The number of benzene rings is 4. The molecule has 0 atom stereocenters. The first-order valence-electron chi connectivity index (χ1n) is 60.4. The van der Waals surface area contributed by atoms with Crippen LogP contribution in [0, 0.1) is 0 Å². The van der Waals surface area contributed by atoms with Gasteiger partial charge in [-0.3, -0.25) is 0 Å². The Morgan fingerprint density at radius 3 is 0.333 bits per heavy atom. The number of rotatable bonds is 96. The van der Waals surface area contributed by atoms with Gasteiger partial charge in [-0.25, -0.2) is 54.8 Å². The first-order valence-corrected chi connectivity index (χ1v) is 60.4. The van der Waals surface area contributed by atoms with Gasteiger partial charge in [-0.1, -0.05) is 347 Å². The van der Waals surface area contributed by atoms with Crippen LogP contribution in [0.5, 0.6) is 34.5 Å². The highest BCUT2D eigenvalue weighted by molar-refractivity contribution is 6.27. The Kier molecular flexibility index (Phi) is 62.3. The van der Waals surface area contributed by atoms with Gasteiger partial charge in [0, 0.05) is 0 Å². The van der Waals surface area contributed by atoms with E-state index in [0.717, 1.165) is 145 Å². The average Bonchev–Trinajstić information content (AvgIpc) is 1.03. The summed E-state index contributed by atoms with van der Waals surface area (Å²) in [5.41, 5.74) is 0. The monoisotopic (exact) mass is 1990 g/mol. The second-order valence-corrected chi connectivity index (χ2v) is 44.0. The molecule has 6 heterocycles. The van der Waals surface area contributed by atoms with E-state index >= 15 is 0 Å². The van der Waals surface area contributed by atoms with Crippen LogP contribution in [-0.2, 0) is 81.6 Å². The van der Waals surface area contributed by atoms with Crippen molar-refractivity contribution >= 4 is 32.3 Å². The lowest BCUT2D eigenvalue weighted by Crippen LogP contribution is -2.23. The second kappa shape index (κ2) is 76.3. The largest absolute Gasteiger partial charge is 0.490 e. The third kappa shape index (κ3) is 51.6. The molecule has 0 aliphatic rings. The number of fused-ring (bicyclic) bond motifs is 6. The van der Waals surface area contributed by atoms with Crippen LogP contribution in [0.3, 0.4) is 0 Å². The minimum atomic E-state index is 0.658. The van der Waals surface area contributed by atoms with Crippen LogP contribution in [0.1, 0.15) is 462 Å². The first-order chi connectivity index (χ1) is 71.1. The van der Waals surface area contributed by atoms with Gasteiger partial charge in [0.05, 0.1) is 121 Å². The van der Waals surface area contributed by atoms with Crippen LogP contribution in [0.2, 0.25) is 0 Å². The molecule has 0 N–H and O–H groups in total. The Labute approximate surface area is 876 Å². The highest BCUT2D eigenvalue weighted by Gasteiger charge is 2.23. The van der Waals surface area contributed by atoms with Crippen molar-refractivity contribution in [3.63, 3.8) is 0 Å². The third-order valence-corrected chi connectivity index (χ3v) is 30.5. The summed E-state index contributed by atoms with van der Waals surface area (Å²) in [4.78, 5) is 0. The fraction of sp³-hybridized carbons (Fsp3) is 0.714. The summed E-state index contributed by atoms with van der Waals surface area (Å²) in [5.74, 6) is 5.08. The molecule has 18 nitrogen and oxygen atoms in total. The lowest BCUT2D eigenvalue weighted by atomic mass is 9.93. The highest BCUT2D eigenvalue weighted by atomic mass is 16.5. The number of hydrogen-bond acceptors (Lipinski definition) is 6. The van der Waals surface area contributed by atoms with Crippen molar-refractivity contribution < 1.29 is 55.8 Å². The molecular formula is C126H210N12O6+6. The molecular weight excluding hydrogens is 1780 g/mol. The average molecular weight is 1990 g/mol. The normalized spacial score (nSPS) is 11.8. The maximum absolute atomic E-state index is 7.17. The molecule has 10 aromatic rings. The predicted molar refractivity (Wildman–Crippen MR) is 598 cm³/mol. The fourth-order valence-electron chi connectivity index (χ4n) is 21.6. The molecule has 0 saturated carbocycles. The van der Waals surface area contributed by atoms with Gasteiger partial charge in [0.2, 0.25) is 38.0 Å². The maximum atomic E-state index is 7.17. The molecule has 6 aromatic heterocycles. The molecule has 0 saturated heterocycles. The number of unbranched alkanes of at least 4 members (excludes halogenated alkanes) is 66. The molecule has 10 rings (SSSR count). The van der Waals surface area contributed by atoms with Crippen LogP contribution in [0.4, 0.5) is 0 Å². The zero-order valence-corrected chi connectivity index (χ0v) is 93.1. The zero-order chi connectivity index (χ0) is 100. The van der Waals surface area contributed by atoms with Gasteiger partial charge < -0.3 is 28.4 Å². The van der Waals surface area contributed by atoms with Crippen molar-refractivity contribution in [3.05, 3.63) is 149 Å². The quantitative estimate of drug-likeness (QED) is 0.0213. The molecule has 804 valence electrons. The third-order valence-electron chi connectivity index (χ3n) is 30.5. The van der Waals surface area contributed by atoms with Gasteiger partial charge in [0.25, 0.3) is 0 Å². The van der Waals surface area contributed by atoms with E-state index in [1.165, 1.54) is 424 Å². The smallest absolute Gasteiger partial charge is 0.243 e. The Morgan fingerprint density at radius 2 is 0.236 bits per heavy atom. The zero-order valence-electron chi connectivity index (χ0n) is 93.1. The highest BCUT2D eigenvalue weighted by Crippen LogP contribution is 2.48. The van der Waals surface area contributed by atoms with Crippen LogP contribution >= 0.6 is 0 Å². The van der Waals surface area contributed by atoms with E-state index in [9.17, 15) is 0 Å². The topological polar surface area (TPSA) is 108 Å². The molecule has 0 aliphatic carbocycles. The van der Waals surface area contributed by atoms with E-state index in [4.69, 9.17) is 28.4 Å². The molecule has 4 aromatic carbocycles. The van der Waals surface area contributed by atoms with Crippen molar-refractivity contribution in [2.24, 2.45) is 42.3 Å². The van der Waals surface area contributed by atoms with Crippen molar-refractivity contribution in [3.8, 4) is 34.5 Å². The van der Waals surface area contributed by atoms with E-state index in [2.05, 4.69) is 246 Å². The molecule has 0 fully saturated rings.